The Morgan fingerprint density at radius 1 is 1.05 bits per heavy atom. The molecule has 4 heteroatoms. The van der Waals surface area contributed by atoms with Crippen LogP contribution in [0.2, 0.25) is 0 Å². The van der Waals surface area contributed by atoms with Crippen molar-refractivity contribution in [2.24, 2.45) is 0 Å². The van der Waals surface area contributed by atoms with Crippen molar-refractivity contribution >= 4 is 22.5 Å². The summed E-state index contributed by atoms with van der Waals surface area (Å²) in [5.74, 6) is 1.38. The number of hydrogen-bond donors (Lipinski definition) is 1. The summed E-state index contributed by atoms with van der Waals surface area (Å²) in [5.41, 5.74) is 1.17. The van der Waals surface area contributed by atoms with Crippen LogP contribution in [0.1, 0.15) is 5.56 Å². The molecule has 0 aromatic heterocycles. The van der Waals surface area contributed by atoms with E-state index in [1.807, 2.05) is 30.3 Å². The summed E-state index contributed by atoms with van der Waals surface area (Å²) in [6, 6.07) is 16.0. The smallest absolute Gasteiger partial charge is 0.124 e. The van der Waals surface area contributed by atoms with E-state index in [4.69, 9.17) is 4.74 Å². The molecule has 0 radical (unpaired) electrons. The van der Waals surface area contributed by atoms with Crippen molar-refractivity contribution in [1.82, 2.24) is 0 Å². The van der Waals surface area contributed by atoms with Gasteiger partial charge >= 0.3 is 0 Å². The lowest BCUT2D eigenvalue weighted by Gasteiger charge is -2.07. The number of fused-ring (bicyclic) bond motifs is 1. The number of aromatic hydroxyl groups is 1. The Labute approximate surface area is 132 Å². The molecule has 22 heavy (non-hydrogen) atoms. The van der Waals surface area contributed by atoms with Crippen LogP contribution in [-0.2, 0) is 5.75 Å². The number of hydrogen-bond acceptors (Lipinski definition) is 3. The largest absolute Gasteiger partial charge is 0.507 e. The van der Waals surface area contributed by atoms with Gasteiger partial charge in [-0.15, -0.1) is 11.8 Å². The second-order valence-corrected chi connectivity index (χ2v) is 5.99. The third-order valence-electron chi connectivity index (χ3n) is 3.43. The first-order chi connectivity index (χ1) is 10.7. The molecule has 0 unspecified atom stereocenters. The molecule has 0 bridgehead atoms. The summed E-state index contributed by atoms with van der Waals surface area (Å²) in [4.78, 5) is 0.951. The number of rotatable bonds is 4. The first-order valence-electron chi connectivity index (χ1n) is 6.84. The lowest BCUT2D eigenvalue weighted by molar-refractivity contribution is 0.414. The minimum atomic E-state index is -0.346. The van der Waals surface area contributed by atoms with Gasteiger partial charge in [0.1, 0.15) is 17.3 Å². The summed E-state index contributed by atoms with van der Waals surface area (Å²) < 4.78 is 18.4. The fourth-order valence-electron chi connectivity index (χ4n) is 2.26. The monoisotopic (exact) mass is 314 g/mol. The number of halogens is 1. The zero-order chi connectivity index (χ0) is 15.5. The lowest BCUT2D eigenvalue weighted by Crippen LogP contribution is -1.85. The van der Waals surface area contributed by atoms with E-state index in [0.29, 0.717) is 5.39 Å². The molecule has 0 fully saturated rings. The van der Waals surface area contributed by atoms with Crippen LogP contribution in [0.4, 0.5) is 4.39 Å². The van der Waals surface area contributed by atoms with Crippen molar-refractivity contribution in [2.75, 3.05) is 7.11 Å². The fraction of sp³-hybridized carbons (Fsp3) is 0.111. The third-order valence-corrected chi connectivity index (χ3v) is 4.48. The molecule has 0 saturated carbocycles. The Hall–Kier alpha value is -2.20. The Morgan fingerprint density at radius 3 is 2.55 bits per heavy atom. The summed E-state index contributed by atoms with van der Waals surface area (Å²) >= 11 is 1.63. The van der Waals surface area contributed by atoms with E-state index >= 15 is 0 Å². The van der Waals surface area contributed by atoms with E-state index in [0.717, 1.165) is 21.8 Å². The first kappa shape index (κ1) is 14.7. The highest BCUT2D eigenvalue weighted by Crippen LogP contribution is 2.33. The van der Waals surface area contributed by atoms with Crippen LogP contribution in [0, 0.1) is 5.82 Å². The SMILES string of the molecule is COc1ccc(CSc2cc(O)c3cc(F)ccc3c2)cc1. The second-order valence-electron chi connectivity index (χ2n) is 4.94. The molecule has 0 saturated heterocycles. The van der Waals surface area contributed by atoms with Crippen molar-refractivity contribution in [3.05, 3.63) is 66.0 Å². The average molecular weight is 314 g/mol. The van der Waals surface area contributed by atoms with Crippen LogP contribution in [0.3, 0.4) is 0 Å². The van der Waals surface area contributed by atoms with Crippen molar-refractivity contribution in [3.8, 4) is 11.5 Å². The van der Waals surface area contributed by atoms with Gasteiger partial charge in [0, 0.05) is 16.0 Å². The Bertz CT molecular complexity index is 800. The van der Waals surface area contributed by atoms with Crippen LogP contribution >= 0.6 is 11.8 Å². The van der Waals surface area contributed by atoms with Gasteiger partial charge in [0.05, 0.1) is 7.11 Å². The Morgan fingerprint density at radius 2 is 1.82 bits per heavy atom. The van der Waals surface area contributed by atoms with Gasteiger partial charge in [-0.3, -0.25) is 0 Å². The molecule has 0 aliphatic carbocycles. The van der Waals surface area contributed by atoms with Crippen molar-refractivity contribution < 1.29 is 14.2 Å². The number of phenols is 1. The van der Waals surface area contributed by atoms with Crippen LogP contribution in [0.15, 0.2) is 59.5 Å². The molecule has 0 aliphatic heterocycles. The highest BCUT2D eigenvalue weighted by molar-refractivity contribution is 7.98. The van der Waals surface area contributed by atoms with Crippen molar-refractivity contribution in [1.29, 1.82) is 0 Å². The third kappa shape index (κ3) is 3.17. The van der Waals surface area contributed by atoms with E-state index in [1.165, 1.54) is 17.7 Å². The summed E-state index contributed by atoms with van der Waals surface area (Å²) in [6.07, 6.45) is 0. The maximum Gasteiger partial charge on any atom is 0.124 e. The maximum absolute atomic E-state index is 13.2. The number of ether oxygens (including phenoxy) is 1. The Balaban J connectivity index is 1.80. The van der Waals surface area contributed by atoms with Crippen LogP contribution in [0.25, 0.3) is 10.8 Å². The molecular formula is C18H15FO2S. The highest BCUT2D eigenvalue weighted by Gasteiger charge is 2.05. The van der Waals surface area contributed by atoms with E-state index in [-0.39, 0.29) is 11.6 Å². The second kappa shape index (κ2) is 6.28. The predicted octanol–water partition coefficient (Wildman–Crippen LogP) is 4.99. The standard InChI is InChI=1S/C18H15FO2S/c1-21-15-6-2-12(3-7-15)11-22-16-8-13-4-5-14(19)9-17(13)18(20)10-16/h2-10,20H,11H2,1H3. The van der Waals surface area contributed by atoms with Gasteiger partial charge < -0.3 is 9.84 Å². The molecule has 112 valence electrons. The lowest BCUT2D eigenvalue weighted by atomic mass is 10.1. The van der Waals surface area contributed by atoms with Crippen LogP contribution in [-0.4, -0.2) is 12.2 Å². The van der Waals surface area contributed by atoms with E-state index in [1.54, 1.807) is 31.0 Å². The molecule has 2 nitrogen and oxygen atoms in total. The summed E-state index contributed by atoms with van der Waals surface area (Å²) in [6.45, 7) is 0. The molecule has 3 rings (SSSR count). The van der Waals surface area contributed by atoms with Gasteiger partial charge in [-0.2, -0.15) is 0 Å². The highest BCUT2D eigenvalue weighted by atomic mass is 32.2. The zero-order valence-electron chi connectivity index (χ0n) is 12.0. The normalized spacial score (nSPS) is 10.8. The molecule has 0 aliphatic rings. The van der Waals surface area contributed by atoms with Crippen molar-refractivity contribution in [3.63, 3.8) is 0 Å². The van der Waals surface area contributed by atoms with E-state index in [2.05, 4.69) is 0 Å². The Kier molecular flexibility index (Phi) is 4.20. The number of phenolic OH excluding ortho intramolecular Hbond substituents is 1. The molecule has 3 aromatic carbocycles. The number of methoxy groups -OCH3 is 1. The van der Waals surface area contributed by atoms with Gasteiger partial charge in [0.2, 0.25) is 0 Å². The molecule has 0 amide bonds. The molecular weight excluding hydrogens is 299 g/mol. The van der Waals surface area contributed by atoms with Gasteiger partial charge in [-0.1, -0.05) is 18.2 Å². The molecule has 0 spiro atoms. The van der Waals surface area contributed by atoms with E-state index in [9.17, 15) is 9.50 Å². The van der Waals surface area contributed by atoms with Gasteiger partial charge in [-0.05, 0) is 47.3 Å². The number of benzene rings is 3. The predicted molar refractivity (Wildman–Crippen MR) is 88.1 cm³/mol. The minimum absolute atomic E-state index is 0.106. The molecule has 0 atom stereocenters. The molecule has 3 aromatic rings. The van der Waals surface area contributed by atoms with Crippen LogP contribution in [0.5, 0.6) is 11.5 Å². The van der Waals surface area contributed by atoms with Crippen molar-refractivity contribution in [2.45, 2.75) is 10.6 Å². The number of thioether (sulfide) groups is 1. The van der Waals surface area contributed by atoms with E-state index < -0.39 is 0 Å². The first-order valence-corrected chi connectivity index (χ1v) is 7.82. The molecule has 1 N–H and O–H groups in total. The minimum Gasteiger partial charge on any atom is -0.507 e. The quantitative estimate of drug-likeness (QED) is 0.688. The zero-order valence-corrected chi connectivity index (χ0v) is 12.9. The van der Waals surface area contributed by atoms with Crippen LogP contribution < -0.4 is 4.74 Å². The fourth-order valence-corrected chi connectivity index (χ4v) is 3.19. The maximum atomic E-state index is 13.2. The summed E-state index contributed by atoms with van der Waals surface area (Å²) in [7, 11) is 1.64. The molecule has 0 heterocycles. The topological polar surface area (TPSA) is 29.5 Å². The average Bonchev–Trinajstić information content (AvgIpc) is 2.54. The van der Waals surface area contributed by atoms with Gasteiger partial charge in [0.15, 0.2) is 0 Å². The summed E-state index contributed by atoms with van der Waals surface area (Å²) in [5, 5.41) is 11.4. The van der Waals surface area contributed by atoms with Gasteiger partial charge in [-0.25, -0.2) is 4.39 Å². The van der Waals surface area contributed by atoms with Gasteiger partial charge in [0.25, 0.3) is 0 Å².